The summed E-state index contributed by atoms with van der Waals surface area (Å²) in [6.45, 7) is 8.36. The molecule has 108 valence electrons. The first-order valence-corrected chi connectivity index (χ1v) is 8.60. The van der Waals surface area contributed by atoms with Gasteiger partial charge >= 0.3 is 0 Å². The molecule has 0 spiro atoms. The zero-order valence-electron chi connectivity index (χ0n) is 12.2. The van der Waals surface area contributed by atoms with Gasteiger partial charge < -0.3 is 5.32 Å². The number of nitrogens with zero attached hydrogens (tertiary/aromatic N) is 1. The summed E-state index contributed by atoms with van der Waals surface area (Å²) < 4.78 is 1.19. The van der Waals surface area contributed by atoms with E-state index in [9.17, 15) is 0 Å². The summed E-state index contributed by atoms with van der Waals surface area (Å²) in [5.74, 6) is 0.454. The molecule has 0 aliphatic carbocycles. The highest BCUT2D eigenvalue weighted by atomic mass is 79.9. The minimum Gasteiger partial charge on any atom is -0.316 e. The Balaban J connectivity index is 2.21. The molecular formula is C16H21BrN2S. The number of aromatic nitrogens is 1. The fourth-order valence-electron chi connectivity index (χ4n) is 2.25. The van der Waals surface area contributed by atoms with Crippen LogP contribution in [0.5, 0.6) is 0 Å². The predicted molar refractivity (Wildman–Crippen MR) is 90.7 cm³/mol. The summed E-state index contributed by atoms with van der Waals surface area (Å²) in [6, 6.07) is 8.50. The van der Waals surface area contributed by atoms with E-state index in [2.05, 4.69) is 71.3 Å². The predicted octanol–water partition coefficient (Wildman–Crippen LogP) is 4.46. The molecule has 1 atom stereocenters. The maximum atomic E-state index is 4.69. The van der Waals surface area contributed by atoms with Crippen molar-refractivity contribution in [1.29, 1.82) is 0 Å². The maximum Gasteiger partial charge on any atom is 0.0937 e. The Kier molecular flexibility index (Phi) is 5.75. The van der Waals surface area contributed by atoms with Crippen molar-refractivity contribution in [3.8, 4) is 0 Å². The van der Waals surface area contributed by atoms with Crippen LogP contribution < -0.4 is 5.32 Å². The van der Waals surface area contributed by atoms with Crippen molar-refractivity contribution in [2.24, 2.45) is 0 Å². The van der Waals surface area contributed by atoms with E-state index in [-0.39, 0.29) is 0 Å². The molecule has 2 nitrogen and oxygen atoms in total. The molecule has 0 saturated heterocycles. The molecule has 20 heavy (non-hydrogen) atoms. The molecule has 1 aromatic carbocycles. The van der Waals surface area contributed by atoms with Gasteiger partial charge in [0.15, 0.2) is 0 Å². The van der Waals surface area contributed by atoms with Crippen molar-refractivity contribution in [1.82, 2.24) is 10.3 Å². The quantitative estimate of drug-likeness (QED) is 0.830. The van der Waals surface area contributed by atoms with E-state index in [4.69, 9.17) is 0 Å². The zero-order valence-corrected chi connectivity index (χ0v) is 14.6. The third-order valence-corrected chi connectivity index (χ3v) is 5.30. The number of nitrogens with one attached hydrogen (secondary N) is 1. The van der Waals surface area contributed by atoms with Crippen LogP contribution in [0.2, 0.25) is 0 Å². The van der Waals surface area contributed by atoms with Gasteiger partial charge in [-0.05, 0) is 32.0 Å². The van der Waals surface area contributed by atoms with Crippen LogP contribution in [-0.4, -0.2) is 18.1 Å². The fourth-order valence-corrected chi connectivity index (χ4v) is 3.88. The summed E-state index contributed by atoms with van der Waals surface area (Å²) in [5.41, 5.74) is 2.53. The highest BCUT2D eigenvalue weighted by molar-refractivity contribution is 9.10. The molecule has 0 fully saturated rings. The highest BCUT2D eigenvalue weighted by Gasteiger charge is 2.17. The van der Waals surface area contributed by atoms with E-state index in [1.54, 1.807) is 0 Å². The number of aryl methyl sites for hydroxylation is 2. The van der Waals surface area contributed by atoms with E-state index in [1.807, 2.05) is 11.3 Å². The van der Waals surface area contributed by atoms with E-state index in [1.165, 1.54) is 25.6 Å². The molecule has 0 aliphatic heterocycles. The highest BCUT2D eigenvalue weighted by Crippen LogP contribution is 2.29. The van der Waals surface area contributed by atoms with Crippen molar-refractivity contribution in [2.75, 3.05) is 13.1 Å². The van der Waals surface area contributed by atoms with Gasteiger partial charge in [0.2, 0.25) is 0 Å². The zero-order chi connectivity index (χ0) is 14.5. The lowest BCUT2D eigenvalue weighted by atomic mass is 9.96. The molecule has 1 aromatic heterocycles. The Morgan fingerprint density at radius 2 is 2.05 bits per heavy atom. The standard InChI is InChI=1S/C16H21BrN2S/c1-4-18-10-13(14-7-5-6-8-15(14)17)9-16-19-11(2)12(3)20-16/h5-8,13,18H,4,9-10H2,1-3H3. The second-order valence-corrected chi connectivity index (χ2v) is 7.12. The smallest absolute Gasteiger partial charge is 0.0937 e. The van der Waals surface area contributed by atoms with Crippen LogP contribution in [0, 0.1) is 13.8 Å². The molecule has 0 radical (unpaired) electrons. The van der Waals surface area contributed by atoms with Crippen LogP contribution in [0.3, 0.4) is 0 Å². The lowest BCUT2D eigenvalue weighted by molar-refractivity contribution is 0.592. The summed E-state index contributed by atoms with van der Waals surface area (Å²) in [7, 11) is 0. The second-order valence-electron chi connectivity index (χ2n) is 4.98. The van der Waals surface area contributed by atoms with Gasteiger partial charge in [-0.25, -0.2) is 4.98 Å². The van der Waals surface area contributed by atoms with Crippen LogP contribution in [0.15, 0.2) is 28.7 Å². The molecule has 2 rings (SSSR count). The summed E-state index contributed by atoms with van der Waals surface area (Å²) in [4.78, 5) is 6.02. The van der Waals surface area contributed by atoms with Gasteiger partial charge in [0.25, 0.3) is 0 Å². The van der Waals surface area contributed by atoms with Gasteiger partial charge in [-0.3, -0.25) is 0 Å². The van der Waals surface area contributed by atoms with Gasteiger partial charge in [-0.2, -0.15) is 0 Å². The largest absolute Gasteiger partial charge is 0.316 e. The molecule has 0 saturated carbocycles. The first-order valence-electron chi connectivity index (χ1n) is 6.99. The Morgan fingerprint density at radius 1 is 1.30 bits per heavy atom. The topological polar surface area (TPSA) is 24.9 Å². The molecule has 0 aliphatic rings. The summed E-state index contributed by atoms with van der Waals surface area (Å²) in [6.07, 6.45) is 0.995. The minimum atomic E-state index is 0.454. The Labute approximate surface area is 133 Å². The average Bonchev–Trinajstić information content (AvgIpc) is 2.74. The number of thiazole rings is 1. The number of benzene rings is 1. The van der Waals surface area contributed by atoms with E-state index < -0.39 is 0 Å². The lowest BCUT2D eigenvalue weighted by Gasteiger charge is -2.18. The van der Waals surface area contributed by atoms with Crippen LogP contribution in [0.4, 0.5) is 0 Å². The van der Waals surface area contributed by atoms with Gasteiger partial charge in [0.1, 0.15) is 0 Å². The molecule has 4 heteroatoms. The Morgan fingerprint density at radius 3 is 2.65 bits per heavy atom. The molecular weight excluding hydrogens is 332 g/mol. The lowest BCUT2D eigenvalue weighted by Crippen LogP contribution is -2.23. The van der Waals surface area contributed by atoms with Gasteiger partial charge in [0.05, 0.1) is 10.7 Å². The number of hydrogen-bond acceptors (Lipinski definition) is 3. The van der Waals surface area contributed by atoms with Crippen LogP contribution in [0.1, 0.15) is 34.0 Å². The number of likely N-dealkylation sites (N-methyl/N-ethyl adjacent to an activating group) is 1. The number of halogens is 1. The molecule has 0 amide bonds. The van der Waals surface area contributed by atoms with Crippen molar-refractivity contribution in [3.05, 3.63) is 49.9 Å². The average molecular weight is 353 g/mol. The monoisotopic (exact) mass is 352 g/mol. The van der Waals surface area contributed by atoms with Gasteiger partial charge in [0, 0.05) is 28.2 Å². The summed E-state index contributed by atoms with van der Waals surface area (Å²) in [5, 5.41) is 4.71. The summed E-state index contributed by atoms with van der Waals surface area (Å²) >= 11 is 5.50. The normalized spacial score (nSPS) is 12.6. The third kappa shape index (κ3) is 3.90. The molecule has 1 heterocycles. The van der Waals surface area contributed by atoms with Crippen molar-refractivity contribution >= 4 is 27.3 Å². The van der Waals surface area contributed by atoms with Crippen LogP contribution in [0.25, 0.3) is 0 Å². The fraction of sp³-hybridized carbons (Fsp3) is 0.438. The molecule has 2 aromatic rings. The van der Waals surface area contributed by atoms with E-state index in [0.717, 1.165) is 19.5 Å². The number of hydrogen-bond donors (Lipinski definition) is 1. The van der Waals surface area contributed by atoms with E-state index >= 15 is 0 Å². The SMILES string of the molecule is CCNCC(Cc1nc(C)c(C)s1)c1ccccc1Br. The van der Waals surface area contributed by atoms with Gasteiger partial charge in [-0.15, -0.1) is 11.3 Å². The Bertz CT molecular complexity index is 546. The van der Waals surface area contributed by atoms with Gasteiger partial charge in [-0.1, -0.05) is 41.1 Å². The van der Waals surface area contributed by atoms with E-state index in [0.29, 0.717) is 5.92 Å². The minimum absolute atomic E-state index is 0.454. The molecule has 0 bridgehead atoms. The first-order chi connectivity index (χ1) is 9.61. The number of rotatable bonds is 6. The molecule has 1 unspecified atom stereocenters. The van der Waals surface area contributed by atoms with Crippen LogP contribution in [-0.2, 0) is 6.42 Å². The Hall–Kier alpha value is -0.710. The van der Waals surface area contributed by atoms with Crippen molar-refractivity contribution in [3.63, 3.8) is 0 Å². The molecule has 1 N–H and O–H groups in total. The third-order valence-electron chi connectivity index (χ3n) is 3.48. The van der Waals surface area contributed by atoms with Crippen LogP contribution >= 0.6 is 27.3 Å². The second kappa shape index (κ2) is 7.34. The first kappa shape index (κ1) is 15.7. The maximum absolute atomic E-state index is 4.69. The van der Waals surface area contributed by atoms with Crippen molar-refractivity contribution < 1.29 is 0 Å². The van der Waals surface area contributed by atoms with Crippen molar-refractivity contribution in [2.45, 2.75) is 33.1 Å².